The molecule has 26 heavy (non-hydrogen) atoms. The fourth-order valence-corrected chi connectivity index (χ4v) is 3.73. The molecule has 1 fully saturated rings. The van der Waals surface area contributed by atoms with Crippen molar-refractivity contribution in [3.63, 3.8) is 0 Å². The van der Waals surface area contributed by atoms with Crippen LogP contribution in [0.5, 0.6) is 0 Å². The van der Waals surface area contributed by atoms with Crippen LogP contribution in [0.3, 0.4) is 0 Å². The third kappa shape index (κ3) is 4.85. The third-order valence-corrected chi connectivity index (χ3v) is 5.18. The number of hydrogen-bond donors (Lipinski definition) is 2. The highest BCUT2D eigenvalue weighted by atomic mass is 16.3. The zero-order valence-corrected chi connectivity index (χ0v) is 15.2. The predicted molar refractivity (Wildman–Crippen MR) is 104 cm³/mol. The number of benzene rings is 2. The normalized spacial score (nSPS) is 17.3. The van der Waals surface area contributed by atoms with E-state index in [2.05, 4.69) is 53.8 Å². The molecule has 0 radical (unpaired) electrons. The van der Waals surface area contributed by atoms with Gasteiger partial charge in [-0.3, -0.25) is 0 Å². The molecule has 0 unspecified atom stereocenters. The number of aliphatic hydroxyl groups excluding tert-OH is 1. The van der Waals surface area contributed by atoms with E-state index in [1.807, 2.05) is 17.0 Å². The first kappa shape index (κ1) is 18.5. The van der Waals surface area contributed by atoms with Crippen molar-refractivity contribution in [2.45, 2.75) is 25.2 Å². The Labute approximate surface area is 155 Å². The number of nitrogens with one attached hydrogen (secondary N) is 1. The maximum atomic E-state index is 12.4. The number of likely N-dealkylation sites (tertiary alicyclic amines) is 1. The molecule has 0 aromatic heterocycles. The highest BCUT2D eigenvalue weighted by Gasteiger charge is 2.23. The van der Waals surface area contributed by atoms with Crippen LogP contribution < -0.4 is 5.32 Å². The van der Waals surface area contributed by atoms with Crippen molar-refractivity contribution < 1.29 is 9.90 Å². The van der Waals surface area contributed by atoms with Gasteiger partial charge in [0.2, 0.25) is 0 Å². The van der Waals surface area contributed by atoms with E-state index in [0.29, 0.717) is 13.1 Å². The van der Waals surface area contributed by atoms with Crippen LogP contribution in [-0.4, -0.2) is 42.3 Å². The Morgan fingerprint density at radius 1 is 1.08 bits per heavy atom. The summed E-state index contributed by atoms with van der Waals surface area (Å²) in [6, 6.07) is 20.9. The minimum absolute atomic E-state index is 0.0111. The van der Waals surface area contributed by atoms with Gasteiger partial charge in [0.05, 0.1) is 0 Å². The Balaban J connectivity index is 1.59. The molecule has 4 nitrogen and oxygen atoms in total. The summed E-state index contributed by atoms with van der Waals surface area (Å²) < 4.78 is 0. The molecule has 1 heterocycles. The number of piperidine rings is 1. The zero-order chi connectivity index (χ0) is 18.2. The van der Waals surface area contributed by atoms with Crippen LogP contribution in [0.2, 0.25) is 0 Å². The standard InChI is InChI=1S/C22H28N2O2/c25-17-18-8-7-15-24(16-18)22(26)23-14-13-21(19-9-3-1-4-10-19)20-11-5-2-6-12-20/h1-6,9-12,18,21,25H,7-8,13-17H2,(H,23,26)/t18-/m1/s1. The van der Waals surface area contributed by atoms with Crippen molar-refractivity contribution in [3.05, 3.63) is 71.8 Å². The smallest absolute Gasteiger partial charge is 0.317 e. The van der Waals surface area contributed by atoms with E-state index in [1.165, 1.54) is 11.1 Å². The van der Waals surface area contributed by atoms with E-state index in [0.717, 1.165) is 25.8 Å². The summed E-state index contributed by atoms with van der Waals surface area (Å²) in [5.41, 5.74) is 2.54. The Morgan fingerprint density at radius 2 is 1.69 bits per heavy atom. The lowest BCUT2D eigenvalue weighted by atomic mass is 9.88. The van der Waals surface area contributed by atoms with E-state index in [-0.39, 0.29) is 24.5 Å². The van der Waals surface area contributed by atoms with Gasteiger partial charge in [-0.25, -0.2) is 4.79 Å². The van der Waals surface area contributed by atoms with Crippen LogP contribution in [0.1, 0.15) is 36.3 Å². The molecule has 1 saturated heterocycles. The first-order valence-corrected chi connectivity index (χ1v) is 9.51. The van der Waals surface area contributed by atoms with Crippen molar-refractivity contribution in [2.24, 2.45) is 5.92 Å². The Bertz CT molecular complexity index is 636. The molecule has 1 aliphatic rings. The molecule has 1 atom stereocenters. The Kier molecular flexibility index (Phi) is 6.67. The number of amides is 2. The second-order valence-electron chi connectivity index (χ2n) is 7.03. The van der Waals surface area contributed by atoms with E-state index in [9.17, 15) is 9.90 Å². The van der Waals surface area contributed by atoms with Gasteiger partial charge in [0, 0.05) is 32.2 Å². The molecule has 0 bridgehead atoms. The fourth-order valence-electron chi connectivity index (χ4n) is 3.73. The molecular weight excluding hydrogens is 324 g/mol. The quantitative estimate of drug-likeness (QED) is 0.834. The van der Waals surface area contributed by atoms with Crippen LogP contribution in [0.4, 0.5) is 4.79 Å². The average molecular weight is 352 g/mol. The van der Waals surface area contributed by atoms with Gasteiger partial charge in [-0.15, -0.1) is 0 Å². The SMILES string of the molecule is O=C(NCCC(c1ccccc1)c1ccccc1)N1CCC[C@@H](CO)C1. The summed E-state index contributed by atoms with van der Waals surface area (Å²) in [6.07, 6.45) is 2.83. The maximum absolute atomic E-state index is 12.4. The van der Waals surface area contributed by atoms with Gasteiger partial charge in [0.15, 0.2) is 0 Å². The topological polar surface area (TPSA) is 52.6 Å². The monoisotopic (exact) mass is 352 g/mol. The molecule has 138 valence electrons. The number of rotatable bonds is 6. The number of carbonyl (C=O) groups is 1. The van der Waals surface area contributed by atoms with Gasteiger partial charge in [-0.1, -0.05) is 60.7 Å². The number of urea groups is 1. The lowest BCUT2D eigenvalue weighted by Gasteiger charge is -2.32. The highest BCUT2D eigenvalue weighted by Crippen LogP contribution is 2.27. The van der Waals surface area contributed by atoms with Gasteiger partial charge in [0.25, 0.3) is 0 Å². The first-order chi connectivity index (χ1) is 12.8. The van der Waals surface area contributed by atoms with Crippen molar-refractivity contribution in [1.82, 2.24) is 10.2 Å². The predicted octanol–water partition coefficient (Wildman–Crippen LogP) is 3.62. The number of hydrogen-bond acceptors (Lipinski definition) is 2. The Morgan fingerprint density at radius 3 is 2.27 bits per heavy atom. The largest absolute Gasteiger partial charge is 0.396 e. The summed E-state index contributed by atoms with van der Waals surface area (Å²) in [5, 5.41) is 12.4. The van der Waals surface area contributed by atoms with E-state index in [1.54, 1.807) is 0 Å². The van der Waals surface area contributed by atoms with Crippen LogP contribution in [0, 0.1) is 5.92 Å². The summed E-state index contributed by atoms with van der Waals surface area (Å²) in [7, 11) is 0. The number of aliphatic hydroxyl groups is 1. The molecule has 2 amide bonds. The fraction of sp³-hybridized carbons (Fsp3) is 0.409. The number of nitrogens with zero attached hydrogens (tertiary/aromatic N) is 1. The van der Waals surface area contributed by atoms with Gasteiger partial charge in [-0.2, -0.15) is 0 Å². The molecule has 4 heteroatoms. The lowest BCUT2D eigenvalue weighted by Crippen LogP contribution is -2.46. The first-order valence-electron chi connectivity index (χ1n) is 9.51. The van der Waals surface area contributed by atoms with Gasteiger partial charge >= 0.3 is 6.03 Å². The summed E-state index contributed by atoms with van der Waals surface area (Å²) in [5.74, 6) is 0.486. The van der Waals surface area contributed by atoms with Gasteiger partial charge in [-0.05, 0) is 36.3 Å². The molecule has 3 rings (SSSR count). The highest BCUT2D eigenvalue weighted by molar-refractivity contribution is 5.74. The van der Waals surface area contributed by atoms with Crippen molar-refractivity contribution in [3.8, 4) is 0 Å². The molecule has 0 saturated carbocycles. The van der Waals surface area contributed by atoms with Gasteiger partial charge in [0.1, 0.15) is 0 Å². The van der Waals surface area contributed by atoms with E-state index < -0.39 is 0 Å². The second-order valence-corrected chi connectivity index (χ2v) is 7.03. The third-order valence-electron chi connectivity index (χ3n) is 5.18. The molecule has 0 aliphatic carbocycles. The molecule has 0 spiro atoms. The van der Waals surface area contributed by atoms with Crippen LogP contribution >= 0.6 is 0 Å². The molecule has 2 aromatic rings. The summed E-state index contributed by atoms with van der Waals surface area (Å²) >= 11 is 0. The van der Waals surface area contributed by atoms with Crippen molar-refractivity contribution in [2.75, 3.05) is 26.2 Å². The zero-order valence-electron chi connectivity index (χ0n) is 15.2. The minimum Gasteiger partial charge on any atom is -0.396 e. The molecule has 2 aromatic carbocycles. The van der Waals surface area contributed by atoms with E-state index in [4.69, 9.17) is 0 Å². The summed E-state index contributed by atoms with van der Waals surface area (Å²) in [4.78, 5) is 14.3. The minimum atomic E-state index is -0.0111. The maximum Gasteiger partial charge on any atom is 0.317 e. The van der Waals surface area contributed by atoms with Crippen LogP contribution in [0.15, 0.2) is 60.7 Å². The Hall–Kier alpha value is -2.33. The molecule has 1 aliphatic heterocycles. The van der Waals surface area contributed by atoms with Crippen molar-refractivity contribution >= 4 is 6.03 Å². The lowest BCUT2D eigenvalue weighted by molar-refractivity contribution is 0.129. The van der Waals surface area contributed by atoms with E-state index >= 15 is 0 Å². The molecule has 2 N–H and O–H groups in total. The molecular formula is C22H28N2O2. The van der Waals surface area contributed by atoms with Gasteiger partial charge < -0.3 is 15.3 Å². The second kappa shape index (κ2) is 9.39. The van der Waals surface area contributed by atoms with Crippen LogP contribution in [0.25, 0.3) is 0 Å². The van der Waals surface area contributed by atoms with Crippen molar-refractivity contribution in [1.29, 1.82) is 0 Å². The number of carbonyl (C=O) groups excluding carboxylic acids is 1. The van der Waals surface area contributed by atoms with Crippen LogP contribution in [-0.2, 0) is 0 Å². The summed E-state index contributed by atoms with van der Waals surface area (Å²) in [6.45, 7) is 2.23. The average Bonchev–Trinajstić information content (AvgIpc) is 2.72.